The lowest BCUT2D eigenvalue weighted by atomic mass is 10.0. The summed E-state index contributed by atoms with van der Waals surface area (Å²) in [5.41, 5.74) is 2.51. The molecule has 2 aliphatic rings. The van der Waals surface area contributed by atoms with Gasteiger partial charge in [0.1, 0.15) is 11.9 Å². The van der Waals surface area contributed by atoms with Gasteiger partial charge in [0.05, 0.1) is 5.56 Å². The third-order valence-electron chi connectivity index (χ3n) is 10.4. The van der Waals surface area contributed by atoms with Crippen molar-refractivity contribution in [1.29, 1.82) is 0 Å². The lowest BCUT2D eigenvalue weighted by molar-refractivity contribution is -0.145. The summed E-state index contributed by atoms with van der Waals surface area (Å²) in [6.45, 7) is 6.25. The van der Waals surface area contributed by atoms with Crippen molar-refractivity contribution >= 4 is 29.7 Å². The molecule has 10 nitrogen and oxygen atoms in total. The maximum Gasteiger partial charge on any atom is 0.416 e. The van der Waals surface area contributed by atoms with Crippen LogP contribution in [-0.4, -0.2) is 99.9 Å². The monoisotopic (exact) mass is 774 g/mol. The minimum Gasteiger partial charge on any atom is -0.353 e. The largest absolute Gasteiger partial charge is 0.416 e. The number of carbonyl (C=O) groups excluding carboxylic acids is 2. The van der Waals surface area contributed by atoms with Gasteiger partial charge in [-0.25, -0.2) is 15.0 Å². The molecular weight excluding hydrogens is 730 g/mol. The number of halogens is 3. The zero-order valence-corrected chi connectivity index (χ0v) is 31.6. The van der Waals surface area contributed by atoms with Crippen LogP contribution in [0.1, 0.15) is 27.8 Å². The SMILES string of the molecule is O=C([C@H](Cc1ccccc1)N(Cc1ccc(N2CCN(c3ncccn3)CC2)nc1)C(=O)C=Cc1ccc(C(F)(F)F)cc1)N1CCN(Cc2ccccc2)CC1. The van der Waals surface area contributed by atoms with Crippen LogP contribution in [0.2, 0.25) is 0 Å². The van der Waals surface area contributed by atoms with Crippen LogP contribution in [0.25, 0.3) is 6.08 Å². The van der Waals surface area contributed by atoms with Crippen molar-refractivity contribution in [3.05, 3.63) is 156 Å². The van der Waals surface area contributed by atoms with E-state index in [1.165, 1.54) is 29.8 Å². The van der Waals surface area contributed by atoms with E-state index in [2.05, 4.69) is 36.8 Å². The molecule has 2 amide bonds. The molecule has 0 radical (unpaired) electrons. The van der Waals surface area contributed by atoms with E-state index in [9.17, 15) is 22.8 Å². The number of pyridine rings is 1. The summed E-state index contributed by atoms with van der Waals surface area (Å²) in [5.74, 6) is 0.915. The molecule has 1 atom stereocenters. The van der Waals surface area contributed by atoms with Crippen LogP contribution < -0.4 is 9.80 Å². The van der Waals surface area contributed by atoms with Crippen LogP contribution in [0.15, 0.2) is 128 Å². The van der Waals surface area contributed by atoms with Crippen molar-refractivity contribution in [3.63, 3.8) is 0 Å². The number of anilines is 2. The zero-order valence-electron chi connectivity index (χ0n) is 31.6. The first-order valence-corrected chi connectivity index (χ1v) is 19.2. The fourth-order valence-electron chi connectivity index (χ4n) is 7.22. The molecule has 2 fully saturated rings. The third-order valence-corrected chi connectivity index (χ3v) is 10.4. The second-order valence-corrected chi connectivity index (χ2v) is 14.3. The fraction of sp³-hybridized carbons (Fsp3) is 0.295. The average Bonchev–Trinajstić information content (AvgIpc) is 3.25. The minimum absolute atomic E-state index is 0.0970. The molecule has 0 N–H and O–H groups in total. The number of hydrogen-bond donors (Lipinski definition) is 0. The first kappa shape index (κ1) is 39.2. The quantitative estimate of drug-likeness (QED) is 0.138. The van der Waals surface area contributed by atoms with Crippen molar-refractivity contribution < 1.29 is 22.8 Å². The Morgan fingerprint density at radius 1 is 0.684 bits per heavy atom. The molecule has 0 aliphatic carbocycles. The van der Waals surface area contributed by atoms with E-state index >= 15 is 0 Å². The van der Waals surface area contributed by atoms with E-state index in [-0.39, 0.29) is 18.9 Å². The van der Waals surface area contributed by atoms with Gasteiger partial charge in [0.2, 0.25) is 17.8 Å². The number of amides is 2. The van der Waals surface area contributed by atoms with Gasteiger partial charge in [-0.2, -0.15) is 13.2 Å². The van der Waals surface area contributed by atoms with Gasteiger partial charge < -0.3 is 19.6 Å². The number of piperazine rings is 2. The highest BCUT2D eigenvalue weighted by molar-refractivity contribution is 5.95. The third kappa shape index (κ3) is 10.4. The molecule has 0 saturated carbocycles. The lowest BCUT2D eigenvalue weighted by Gasteiger charge is -2.39. The van der Waals surface area contributed by atoms with Crippen LogP contribution in [0.3, 0.4) is 0 Å². The van der Waals surface area contributed by atoms with Crippen molar-refractivity contribution in [2.45, 2.75) is 31.7 Å². The molecule has 0 spiro atoms. The molecule has 7 rings (SSSR count). The standard InChI is InChI=1S/C44H45F3N8O2/c45-44(46,47)38-16-12-34(13-17-38)15-19-41(56)55(33-37-14-18-40(50-31-37)52-26-28-54(29-27-52)43-48-20-7-21-49-43)39(30-35-8-3-1-4-9-35)42(57)53-24-22-51(23-25-53)32-36-10-5-2-6-11-36/h1-21,31,39H,22-30,32-33H2/t39-/m0/s1. The van der Waals surface area contributed by atoms with Crippen LogP contribution in [-0.2, 0) is 35.3 Å². The number of carbonyl (C=O) groups is 2. The normalized spacial score (nSPS) is 15.8. The molecule has 3 aromatic carbocycles. The molecule has 2 aliphatic heterocycles. The van der Waals surface area contributed by atoms with Crippen molar-refractivity contribution in [3.8, 4) is 0 Å². The highest BCUT2D eigenvalue weighted by Crippen LogP contribution is 2.29. The Morgan fingerprint density at radius 2 is 1.32 bits per heavy atom. The maximum atomic E-state index is 14.6. The van der Waals surface area contributed by atoms with E-state index < -0.39 is 23.7 Å². The predicted octanol–water partition coefficient (Wildman–Crippen LogP) is 6.21. The molecule has 5 aromatic rings. The Labute approximate surface area is 330 Å². The molecule has 2 aromatic heterocycles. The number of aromatic nitrogens is 3. The molecule has 2 saturated heterocycles. The van der Waals surface area contributed by atoms with Crippen LogP contribution in [0.5, 0.6) is 0 Å². The number of nitrogens with zero attached hydrogens (tertiary/aromatic N) is 8. The van der Waals surface area contributed by atoms with Gasteiger partial charge in [-0.15, -0.1) is 0 Å². The van der Waals surface area contributed by atoms with Gasteiger partial charge in [-0.1, -0.05) is 78.9 Å². The molecule has 294 valence electrons. The predicted molar refractivity (Wildman–Crippen MR) is 214 cm³/mol. The summed E-state index contributed by atoms with van der Waals surface area (Å²) in [7, 11) is 0. The second kappa shape index (κ2) is 18.2. The maximum absolute atomic E-state index is 14.6. The Morgan fingerprint density at radius 3 is 1.93 bits per heavy atom. The van der Waals surface area contributed by atoms with E-state index in [0.29, 0.717) is 37.7 Å². The highest BCUT2D eigenvalue weighted by Gasteiger charge is 2.34. The van der Waals surface area contributed by atoms with E-state index in [0.717, 1.165) is 61.8 Å². The number of benzene rings is 3. The smallest absolute Gasteiger partial charge is 0.353 e. The number of rotatable bonds is 12. The van der Waals surface area contributed by atoms with E-state index in [1.54, 1.807) is 29.6 Å². The van der Waals surface area contributed by atoms with Gasteiger partial charge in [0.25, 0.3) is 0 Å². The first-order chi connectivity index (χ1) is 27.7. The topological polar surface area (TPSA) is 89.0 Å². The molecule has 0 unspecified atom stereocenters. The lowest BCUT2D eigenvalue weighted by Crippen LogP contribution is -2.56. The molecule has 0 bridgehead atoms. The molecule has 57 heavy (non-hydrogen) atoms. The van der Waals surface area contributed by atoms with Gasteiger partial charge in [-0.3, -0.25) is 14.5 Å². The Hall–Kier alpha value is -6.08. The minimum atomic E-state index is -4.47. The highest BCUT2D eigenvalue weighted by atomic mass is 19.4. The van der Waals surface area contributed by atoms with Crippen molar-refractivity contribution in [2.24, 2.45) is 0 Å². The van der Waals surface area contributed by atoms with Crippen molar-refractivity contribution in [1.82, 2.24) is 29.7 Å². The summed E-state index contributed by atoms with van der Waals surface area (Å²) < 4.78 is 39.7. The van der Waals surface area contributed by atoms with Gasteiger partial charge in [0, 0.05) is 96.5 Å². The average molecular weight is 775 g/mol. The van der Waals surface area contributed by atoms with Crippen LogP contribution in [0.4, 0.5) is 24.9 Å². The summed E-state index contributed by atoms with van der Waals surface area (Å²) in [4.78, 5) is 52.6. The van der Waals surface area contributed by atoms with Crippen LogP contribution in [0, 0.1) is 0 Å². The van der Waals surface area contributed by atoms with Crippen molar-refractivity contribution in [2.75, 3.05) is 62.2 Å². The second-order valence-electron chi connectivity index (χ2n) is 14.3. The Balaban J connectivity index is 1.12. The molecule has 13 heteroatoms. The Kier molecular flexibility index (Phi) is 12.5. The van der Waals surface area contributed by atoms with Gasteiger partial charge in [0.15, 0.2) is 0 Å². The fourth-order valence-corrected chi connectivity index (χ4v) is 7.22. The van der Waals surface area contributed by atoms with Gasteiger partial charge in [-0.05, 0) is 52.6 Å². The molecular formula is C44H45F3N8O2. The molecule has 4 heterocycles. The summed E-state index contributed by atoms with van der Waals surface area (Å²) in [6, 6.07) is 29.3. The van der Waals surface area contributed by atoms with E-state index in [4.69, 9.17) is 4.98 Å². The van der Waals surface area contributed by atoms with Gasteiger partial charge >= 0.3 is 6.18 Å². The first-order valence-electron chi connectivity index (χ1n) is 19.2. The zero-order chi connectivity index (χ0) is 39.6. The number of hydrogen-bond acceptors (Lipinski definition) is 8. The Bertz CT molecular complexity index is 2070. The van der Waals surface area contributed by atoms with Crippen LogP contribution >= 0.6 is 0 Å². The van der Waals surface area contributed by atoms with E-state index in [1.807, 2.05) is 65.6 Å². The number of alkyl halides is 3. The summed E-state index contributed by atoms with van der Waals surface area (Å²) in [5, 5.41) is 0. The summed E-state index contributed by atoms with van der Waals surface area (Å²) >= 11 is 0. The summed E-state index contributed by atoms with van der Waals surface area (Å²) in [6.07, 6.45) is 3.85.